The van der Waals surface area contributed by atoms with Gasteiger partial charge in [0.05, 0.1) is 23.2 Å². The maximum absolute atomic E-state index is 13.3. The van der Waals surface area contributed by atoms with Crippen LogP contribution in [0.3, 0.4) is 0 Å². The molecule has 0 spiro atoms. The first kappa shape index (κ1) is 30.3. The van der Waals surface area contributed by atoms with Crippen LogP contribution in [0.15, 0.2) is 46.8 Å². The predicted octanol–water partition coefficient (Wildman–Crippen LogP) is 7.37. The van der Waals surface area contributed by atoms with E-state index in [9.17, 15) is 27.9 Å². The number of para-hydroxylation sites is 1. The van der Waals surface area contributed by atoms with Crippen molar-refractivity contribution in [3.05, 3.63) is 52.4 Å². The topological polar surface area (TPSA) is 84.9 Å². The van der Waals surface area contributed by atoms with Gasteiger partial charge in [-0.1, -0.05) is 70.1 Å². The Balaban J connectivity index is 2.21. The number of esters is 1. The highest BCUT2D eigenvalue weighted by Gasteiger charge is 2.41. The van der Waals surface area contributed by atoms with Crippen LogP contribution in [0, 0.1) is 0 Å². The van der Waals surface area contributed by atoms with E-state index in [2.05, 4.69) is 17.0 Å². The molecule has 1 aliphatic rings. The van der Waals surface area contributed by atoms with Crippen LogP contribution in [0.1, 0.15) is 97.0 Å². The second kappa shape index (κ2) is 14.1. The van der Waals surface area contributed by atoms with Crippen LogP contribution in [0.4, 0.5) is 13.2 Å². The maximum atomic E-state index is 13.3. The van der Waals surface area contributed by atoms with Gasteiger partial charge in [-0.15, -0.1) is 13.2 Å². The molecule has 2 rings (SSSR count). The molecule has 0 amide bonds. The number of aliphatic carboxylic acids is 1. The van der Waals surface area contributed by atoms with Crippen LogP contribution in [0.5, 0.6) is 5.75 Å². The summed E-state index contributed by atoms with van der Waals surface area (Å²) in [6.07, 6.45) is 4.33. The number of unbranched alkanes of at least 4 members (excludes halogenated alkanes) is 7. The third kappa shape index (κ3) is 9.13. The lowest BCUT2D eigenvalue weighted by atomic mass is 9.80. The van der Waals surface area contributed by atoms with Crippen molar-refractivity contribution in [2.75, 3.05) is 0 Å². The van der Waals surface area contributed by atoms with Crippen molar-refractivity contribution in [2.45, 2.75) is 104 Å². The Morgan fingerprint density at radius 2 is 1.54 bits per heavy atom. The zero-order valence-corrected chi connectivity index (χ0v) is 22.0. The van der Waals surface area contributed by atoms with Gasteiger partial charge in [-0.2, -0.15) is 0 Å². The average Bonchev–Trinajstić information content (AvgIpc) is 2.79. The van der Waals surface area contributed by atoms with E-state index in [4.69, 9.17) is 4.74 Å². The largest absolute Gasteiger partial charge is 0.573 e. The number of carboxylic acids is 1. The zero-order valence-electron chi connectivity index (χ0n) is 22.0. The van der Waals surface area contributed by atoms with Gasteiger partial charge >= 0.3 is 18.3 Å². The number of nitrogens with one attached hydrogen (secondary N) is 1. The van der Waals surface area contributed by atoms with E-state index in [1.54, 1.807) is 13.8 Å². The predicted molar refractivity (Wildman–Crippen MR) is 135 cm³/mol. The van der Waals surface area contributed by atoms with Crippen LogP contribution in [-0.2, 0) is 14.3 Å². The van der Waals surface area contributed by atoms with Gasteiger partial charge in [-0.3, -0.25) is 0 Å². The molecule has 0 saturated carbocycles. The van der Waals surface area contributed by atoms with Crippen molar-refractivity contribution in [3.8, 4) is 5.75 Å². The summed E-state index contributed by atoms with van der Waals surface area (Å²) >= 11 is 0. The Labute approximate surface area is 216 Å². The molecule has 6 nitrogen and oxygen atoms in total. The zero-order chi connectivity index (χ0) is 27.6. The number of dihydropyridines is 1. The van der Waals surface area contributed by atoms with Gasteiger partial charge in [0, 0.05) is 17.0 Å². The van der Waals surface area contributed by atoms with Gasteiger partial charge < -0.3 is 19.9 Å². The maximum Gasteiger partial charge on any atom is 0.573 e. The molecule has 1 aromatic carbocycles. The average molecular weight is 526 g/mol. The summed E-state index contributed by atoms with van der Waals surface area (Å²) in [6, 6.07) is 5.25. The van der Waals surface area contributed by atoms with Crippen LogP contribution in [-0.4, -0.2) is 29.5 Å². The molecule has 2 unspecified atom stereocenters. The van der Waals surface area contributed by atoms with Crippen molar-refractivity contribution in [2.24, 2.45) is 0 Å². The summed E-state index contributed by atoms with van der Waals surface area (Å²) in [4.78, 5) is 25.5. The number of halogens is 3. The van der Waals surface area contributed by atoms with E-state index >= 15 is 0 Å². The minimum Gasteiger partial charge on any atom is -0.478 e. The first-order valence-corrected chi connectivity index (χ1v) is 12.9. The van der Waals surface area contributed by atoms with Gasteiger partial charge in [-0.25, -0.2) is 9.59 Å². The van der Waals surface area contributed by atoms with E-state index in [1.807, 2.05) is 0 Å². The molecule has 37 heavy (non-hydrogen) atoms. The highest BCUT2D eigenvalue weighted by Crippen LogP contribution is 2.43. The van der Waals surface area contributed by atoms with Gasteiger partial charge in [0.25, 0.3) is 0 Å². The molecule has 1 heterocycles. The summed E-state index contributed by atoms with van der Waals surface area (Å²) < 4.78 is 49.2. The van der Waals surface area contributed by atoms with Crippen molar-refractivity contribution in [3.63, 3.8) is 0 Å². The molecule has 0 saturated heterocycles. The fraction of sp³-hybridized carbons (Fsp3) is 0.571. The first-order valence-electron chi connectivity index (χ1n) is 12.9. The standard InChI is InChI=1S/C28H38F3NO5/c1-5-6-7-8-9-10-11-12-15-18(2)36-27(35)24-20(4)32-19(3)23(26(33)34)25(24)21-16-13-14-17-22(21)37-28(29,30)31/h13-14,16-18,25,32H,5-12,15H2,1-4H3,(H,33,34). The number of hydrogen-bond acceptors (Lipinski definition) is 5. The molecule has 2 atom stereocenters. The monoisotopic (exact) mass is 525 g/mol. The smallest absolute Gasteiger partial charge is 0.478 e. The number of carboxylic acid groups (broad SMARTS) is 1. The quantitative estimate of drug-likeness (QED) is 0.195. The first-order chi connectivity index (χ1) is 17.5. The van der Waals surface area contributed by atoms with Crippen molar-refractivity contribution >= 4 is 11.9 Å². The molecule has 0 aliphatic carbocycles. The molecule has 206 valence electrons. The van der Waals surface area contributed by atoms with Gasteiger partial charge in [0.15, 0.2) is 0 Å². The number of hydrogen-bond donors (Lipinski definition) is 2. The van der Waals surface area contributed by atoms with Crippen LogP contribution in [0.25, 0.3) is 0 Å². The molecule has 0 aromatic heterocycles. The Kier molecular flexibility index (Phi) is 11.5. The highest BCUT2D eigenvalue weighted by molar-refractivity contribution is 5.99. The fourth-order valence-electron chi connectivity index (χ4n) is 4.67. The van der Waals surface area contributed by atoms with Gasteiger partial charge in [0.2, 0.25) is 0 Å². The molecule has 0 radical (unpaired) electrons. The van der Waals surface area contributed by atoms with E-state index < -0.39 is 36.1 Å². The number of ether oxygens (including phenoxy) is 2. The van der Waals surface area contributed by atoms with Crippen molar-refractivity contribution < 1.29 is 37.3 Å². The van der Waals surface area contributed by atoms with Crippen molar-refractivity contribution in [1.82, 2.24) is 5.32 Å². The molecular weight excluding hydrogens is 487 g/mol. The number of allylic oxidation sites excluding steroid dienone is 2. The third-order valence-electron chi connectivity index (χ3n) is 6.44. The van der Waals surface area contributed by atoms with Gasteiger partial charge in [-0.05, 0) is 39.7 Å². The van der Waals surface area contributed by atoms with Gasteiger partial charge in [0.1, 0.15) is 5.75 Å². The lowest BCUT2D eigenvalue weighted by Gasteiger charge is -2.31. The lowest BCUT2D eigenvalue weighted by Crippen LogP contribution is -2.33. The Morgan fingerprint density at radius 1 is 0.973 bits per heavy atom. The number of carbonyl (C=O) groups is 2. The summed E-state index contributed by atoms with van der Waals surface area (Å²) in [5, 5.41) is 12.8. The normalized spacial score (nSPS) is 16.9. The number of carbonyl (C=O) groups excluding carboxylic acids is 1. The molecule has 0 fully saturated rings. The van der Waals surface area contributed by atoms with E-state index in [0.717, 1.165) is 25.3 Å². The number of alkyl halides is 3. The van der Waals surface area contributed by atoms with E-state index in [-0.39, 0.29) is 22.4 Å². The van der Waals surface area contributed by atoms with Crippen molar-refractivity contribution in [1.29, 1.82) is 0 Å². The lowest BCUT2D eigenvalue weighted by molar-refractivity contribution is -0.274. The Hall–Kier alpha value is -2.97. The Morgan fingerprint density at radius 3 is 2.14 bits per heavy atom. The molecule has 1 aliphatic heterocycles. The summed E-state index contributed by atoms with van der Waals surface area (Å²) in [7, 11) is 0. The molecule has 1 aromatic rings. The fourth-order valence-corrected chi connectivity index (χ4v) is 4.67. The third-order valence-corrected chi connectivity index (χ3v) is 6.44. The number of benzene rings is 1. The van der Waals surface area contributed by atoms with Crippen LogP contribution >= 0.6 is 0 Å². The van der Waals surface area contributed by atoms with E-state index in [0.29, 0.717) is 12.1 Å². The van der Waals surface area contributed by atoms with E-state index in [1.165, 1.54) is 57.2 Å². The molecule has 2 N–H and O–H groups in total. The minimum absolute atomic E-state index is 0.0519. The minimum atomic E-state index is -4.99. The second-order valence-electron chi connectivity index (χ2n) is 9.51. The summed E-state index contributed by atoms with van der Waals surface area (Å²) in [5.74, 6) is -4.00. The summed E-state index contributed by atoms with van der Waals surface area (Å²) in [5.41, 5.74) is 0.162. The Bertz CT molecular complexity index is 1000. The highest BCUT2D eigenvalue weighted by atomic mass is 19.4. The molecule has 0 bridgehead atoms. The van der Waals surface area contributed by atoms with Crippen LogP contribution < -0.4 is 10.1 Å². The molecule has 9 heteroatoms. The second-order valence-corrected chi connectivity index (χ2v) is 9.51. The molecular formula is C28H38F3NO5. The SMILES string of the molecule is CCCCCCCCCCC(C)OC(=O)C1=C(C)NC(C)=C(C(=O)O)C1c1ccccc1OC(F)(F)F. The van der Waals surface area contributed by atoms with Crippen LogP contribution in [0.2, 0.25) is 0 Å². The summed E-state index contributed by atoms with van der Waals surface area (Å²) in [6.45, 7) is 7.02. The number of rotatable bonds is 14.